The second-order valence-electron chi connectivity index (χ2n) is 7.13. The predicted octanol–water partition coefficient (Wildman–Crippen LogP) is 4.96. The van der Waals surface area contributed by atoms with Crippen molar-refractivity contribution in [1.29, 1.82) is 0 Å². The van der Waals surface area contributed by atoms with Gasteiger partial charge in [-0.1, -0.05) is 32.8 Å². The van der Waals surface area contributed by atoms with Gasteiger partial charge >= 0.3 is 5.63 Å². The zero-order chi connectivity index (χ0) is 19.9. The van der Waals surface area contributed by atoms with Crippen LogP contribution in [0.4, 0.5) is 0 Å². The van der Waals surface area contributed by atoms with Crippen molar-refractivity contribution in [2.24, 2.45) is 0 Å². The molecule has 0 aliphatic rings. The third-order valence-electron chi connectivity index (χ3n) is 4.96. The van der Waals surface area contributed by atoms with E-state index in [0.29, 0.717) is 28.9 Å². The topological polar surface area (TPSA) is 66.6 Å². The average molecular weight is 380 g/mol. The van der Waals surface area contributed by atoms with Crippen molar-refractivity contribution >= 4 is 11.0 Å². The Morgan fingerprint density at radius 2 is 1.82 bits per heavy atom. The Hall–Kier alpha value is -2.66. The minimum atomic E-state index is -0.438. The van der Waals surface area contributed by atoms with E-state index in [9.17, 15) is 9.90 Å². The molecular weight excluding hydrogens is 352 g/mol. The maximum absolute atomic E-state index is 12.6. The summed E-state index contributed by atoms with van der Waals surface area (Å²) in [5.41, 5.74) is 1.71. The molecule has 0 atom stereocenters. The first kappa shape index (κ1) is 20.1. The van der Waals surface area contributed by atoms with Gasteiger partial charge in [0.05, 0.1) is 16.8 Å². The van der Waals surface area contributed by atoms with Crippen LogP contribution in [-0.2, 0) is 6.54 Å². The van der Waals surface area contributed by atoms with Crippen LogP contribution in [0.3, 0.4) is 0 Å². The summed E-state index contributed by atoms with van der Waals surface area (Å²) in [4.78, 5) is 19.2. The van der Waals surface area contributed by atoms with E-state index in [1.165, 1.54) is 0 Å². The highest BCUT2D eigenvalue weighted by atomic mass is 16.4. The summed E-state index contributed by atoms with van der Waals surface area (Å²) in [6.45, 7) is 6.83. The van der Waals surface area contributed by atoms with Gasteiger partial charge in [-0.15, -0.1) is 0 Å². The van der Waals surface area contributed by atoms with Crippen LogP contribution >= 0.6 is 0 Å². The number of aromatic nitrogens is 1. The Morgan fingerprint density at radius 1 is 1.07 bits per heavy atom. The van der Waals surface area contributed by atoms with Gasteiger partial charge in [-0.05, 0) is 56.3 Å². The Labute approximate surface area is 165 Å². The van der Waals surface area contributed by atoms with Crippen LogP contribution in [0, 0.1) is 0 Å². The summed E-state index contributed by atoms with van der Waals surface area (Å²) in [5.74, 6) is 0.166. The molecule has 0 fully saturated rings. The maximum Gasteiger partial charge on any atom is 0.345 e. The van der Waals surface area contributed by atoms with E-state index in [0.717, 1.165) is 44.2 Å². The van der Waals surface area contributed by atoms with Crippen molar-refractivity contribution < 1.29 is 9.52 Å². The second kappa shape index (κ2) is 9.51. The predicted molar refractivity (Wildman–Crippen MR) is 112 cm³/mol. The Balaban J connectivity index is 2.01. The molecular formula is C23H28N2O3. The number of fused-ring (bicyclic) bond motifs is 1. The van der Waals surface area contributed by atoms with Crippen molar-refractivity contribution in [3.8, 4) is 17.0 Å². The highest BCUT2D eigenvalue weighted by Crippen LogP contribution is 2.30. The van der Waals surface area contributed by atoms with Crippen LogP contribution in [0.5, 0.6) is 5.75 Å². The van der Waals surface area contributed by atoms with E-state index < -0.39 is 5.63 Å². The summed E-state index contributed by atoms with van der Waals surface area (Å²) in [5, 5.41) is 11.3. The number of benzene rings is 1. The number of pyridine rings is 1. The van der Waals surface area contributed by atoms with Crippen molar-refractivity contribution in [2.45, 2.75) is 46.1 Å². The Kier molecular flexibility index (Phi) is 6.82. The molecule has 0 saturated heterocycles. The number of nitrogens with zero attached hydrogens (tertiary/aromatic N) is 2. The smallest absolute Gasteiger partial charge is 0.345 e. The highest BCUT2D eigenvalue weighted by molar-refractivity contribution is 5.85. The van der Waals surface area contributed by atoms with Crippen LogP contribution < -0.4 is 5.63 Å². The monoisotopic (exact) mass is 380 g/mol. The Bertz CT molecular complexity index is 959. The minimum Gasteiger partial charge on any atom is -0.507 e. The molecule has 0 aliphatic heterocycles. The minimum absolute atomic E-state index is 0.166. The fourth-order valence-electron chi connectivity index (χ4n) is 3.34. The molecule has 3 aromatic rings. The summed E-state index contributed by atoms with van der Waals surface area (Å²) >= 11 is 0. The number of hydrogen-bond donors (Lipinski definition) is 1. The summed E-state index contributed by atoms with van der Waals surface area (Å²) < 4.78 is 5.69. The number of unbranched alkanes of at least 4 members (excludes halogenated alkanes) is 2. The number of phenols is 1. The molecule has 1 N–H and O–H groups in total. The van der Waals surface area contributed by atoms with E-state index in [-0.39, 0.29) is 5.75 Å². The molecule has 0 bridgehead atoms. The van der Waals surface area contributed by atoms with Gasteiger partial charge in [-0.2, -0.15) is 0 Å². The first-order valence-electron chi connectivity index (χ1n) is 10.1. The molecule has 2 heterocycles. The normalized spacial score (nSPS) is 11.4. The molecule has 0 spiro atoms. The van der Waals surface area contributed by atoms with E-state index >= 15 is 0 Å². The molecule has 28 heavy (non-hydrogen) atoms. The largest absolute Gasteiger partial charge is 0.507 e. The summed E-state index contributed by atoms with van der Waals surface area (Å²) in [6.07, 6.45) is 6.09. The van der Waals surface area contributed by atoms with Gasteiger partial charge < -0.3 is 9.52 Å². The number of hydrogen-bond acceptors (Lipinski definition) is 5. The summed E-state index contributed by atoms with van der Waals surface area (Å²) in [6, 6.07) is 10.7. The zero-order valence-corrected chi connectivity index (χ0v) is 16.6. The molecule has 5 heteroatoms. The number of aromatic hydroxyl groups is 1. The van der Waals surface area contributed by atoms with Gasteiger partial charge in [0.2, 0.25) is 0 Å². The first-order chi connectivity index (χ1) is 13.6. The van der Waals surface area contributed by atoms with Crippen LogP contribution in [0.25, 0.3) is 22.2 Å². The fraction of sp³-hybridized carbons (Fsp3) is 0.391. The average Bonchev–Trinajstić information content (AvgIpc) is 2.72. The quantitative estimate of drug-likeness (QED) is 0.531. The van der Waals surface area contributed by atoms with Crippen molar-refractivity contribution in [1.82, 2.24) is 9.88 Å². The Morgan fingerprint density at radius 3 is 2.46 bits per heavy atom. The molecule has 3 rings (SSSR count). The van der Waals surface area contributed by atoms with Crippen molar-refractivity contribution in [3.05, 3.63) is 58.6 Å². The van der Waals surface area contributed by atoms with Gasteiger partial charge in [0.1, 0.15) is 11.3 Å². The van der Waals surface area contributed by atoms with Crippen LogP contribution in [-0.4, -0.2) is 28.1 Å². The van der Waals surface area contributed by atoms with Crippen molar-refractivity contribution in [2.75, 3.05) is 13.1 Å². The third kappa shape index (κ3) is 4.60. The third-order valence-corrected chi connectivity index (χ3v) is 4.96. The van der Waals surface area contributed by atoms with Gasteiger partial charge in [-0.3, -0.25) is 9.88 Å². The van der Waals surface area contributed by atoms with E-state index in [1.807, 2.05) is 12.1 Å². The molecule has 1 aromatic carbocycles. The molecule has 0 amide bonds. The molecule has 148 valence electrons. The van der Waals surface area contributed by atoms with Crippen molar-refractivity contribution in [3.63, 3.8) is 0 Å². The second-order valence-corrected chi connectivity index (χ2v) is 7.13. The molecule has 5 nitrogen and oxygen atoms in total. The van der Waals surface area contributed by atoms with E-state index in [1.54, 1.807) is 30.5 Å². The van der Waals surface area contributed by atoms with Gasteiger partial charge in [0.15, 0.2) is 0 Å². The number of phenolic OH excluding ortho intramolecular Hbond substituents is 1. The van der Waals surface area contributed by atoms with Gasteiger partial charge in [0.25, 0.3) is 0 Å². The number of rotatable bonds is 9. The lowest BCUT2D eigenvalue weighted by atomic mass is 10.1. The zero-order valence-electron chi connectivity index (χ0n) is 16.6. The van der Waals surface area contributed by atoms with Crippen LogP contribution in [0.1, 0.15) is 45.1 Å². The maximum atomic E-state index is 12.6. The molecule has 0 saturated carbocycles. The molecule has 0 radical (unpaired) electrons. The summed E-state index contributed by atoms with van der Waals surface area (Å²) in [7, 11) is 0. The van der Waals surface area contributed by atoms with E-state index in [4.69, 9.17) is 4.42 Å². The lowest BCUT2D eigenvalue weighted by Crippen LogP contribution is -2.25. The highest BCUT2D eigenvalue weighted by Gasteiger charge is 2.17. The van der Waals surface area contributed by atoms with Crippen LogP contribution in [0.2, 0.25) is 0 Å². The molecule has 0 unspecified atom stereocenters. The van der Waals surface area contributed by atoms with Gasteiger partial charge in [0, 0.05) is 18.1 Å². The SMILES string of the molecule is CCCCN(CCCC)Cc1c(O)ccc2cc(-c3ccccn3)c(=O)oc12. The van der Waals surface area contributed by atoms with Gasteiger partial charge in [-0.25, -0.2) is 4.79 Å². The fourth-order valence-corrected chi connectivity index (χ4v) is 3.34. The lowest BCUT2D eigenvalue weighted by molar-refractivity contribution is 0.253. The molecule has 2 aromatic heterocycles. The first-order valence-corrected chi connectivity index (χ1v) is 10.1. The molecule has 0 aliphatic carbocycles. The standard InChI is InChI=1S/C23H28N2O3/c1-3-5-13-25(14-6-4-2)16-19-21(26)11-10-17-15-18(23(27)28-22(17)19)20-9-7-8-12-24-20/h7-12,15,26H,3-6,13-14,16H2,1-2H3. The van der Waals surface area contributed by atoms with E-state index in [2.05, 4.69) is 23.7 Å². The van der Waals surface area contributed by atoms with Crippen LogP contribution in [0.15, 0.2) is 51.8 Å². The lowest BCUT2D eigenvalue weighted by Gasteiger charge is -2.23.